The van der Waals surface area contributed by atoms with Crippen molar-refractivity contribution in [3.8, 4) is 5.75 Å². The van der Waals surface area contributed by atoms with Crippen LogP contribution in [0, 0.1) is 0 Å². The normalized spacial score (nSPS) is 17.8. The van der Waals surface area contributed by atoms with E-state index in [0.717, 1.165) is 6.07 Å². The molecule has 1 aliphatic rings. The number of ether oxygens (including phenoxy) is 1. The van der Waals surface area contributed by atoms with Crippen LogP contribution >= 0.6 is 0 Å². The minimum absolute atomic E-state index is 0.0368. The number of benzene rings is 1. The molecule has 0 N–H and O–H groups in total. The zero-order valence-electron chi connectivity index (χ0n) is 10.0. The lowest BCUT2D eigenvalue weighted by Crippen LogP contribution is -2.16. The van der Waals surface area contributed by atoms with Crippen LogP contribution in [0.15, 0.2) is 42.5 Å². The molecule has 1 aliphatic heterocycles. The second kappa shape index (κ2) is 4.33. The minimum Gasteiger partial charge on any atom is -0.425 e. The third-order valence-electron chi connectivity index (χ3n) is 3.03. The second-order valence-electron chi connectivity index (χ2n) is 4.34. The van der Waals surface area contributed by atoms with Crippen LogP contribution in [0.5, 0.6) is 5.75 Å². The van der Waals surface area contributed by atoms with Crippen molar-refractivity contribution in [1.82, 2.24) is 4.98 Å². The van der Waals surface area contributed by atoms with Crippen LogP contribution in [-0.2, 0) is 11.0 Å². The third-order valence-corrected chi connectivity index (χ3v) is 3.03. The monoisotopic (exact) mass is 279 g/mol. The first-order valence-corrected chi connectivity index (χ1v) is 5.81. The Morgan fingerprint density at radius 1 is 1.05 bits per heavy atom. The number of pyridine rings is 1. The van der Waals surface area contributed by atoms with E-state index in [-0.39, 0.29) is 5.69 Å². The Morgan fingerprint density at radius 3 is 2.55 bits per heavy atom. The highest BCUT2D eigenvalue weighted by atomic mass is 19.4. The molecule has 6 heteroatoms. The summed E-state index contributed by atoms with van der Waals surface area (Å²) >= 11 is 0. The molecule has 0 amide bonds. The van der Waals surface area contributed by atoms with E-state index in [9.17, 15) is 18.0 Å². The van der Waals surface area contributed by atoms with Crippen LogP contribution in [0.3, 0.4) is 0 Å². The summed E-state index contributed by atoms with van der Waals surface area (Å²) in [5, 5.41) is 0. The summed E-state index contributed by atoms with van der Waals surface area (Å²) in [5.74, 6) is -1.16. The van der Waals surface area contributed by atoms with Crippen molar-refractivity contribution in [2.24, 2.45) is 0 Å². The molecule has 0 bridgehead atoms. The first kappa shape index (κ1) is 12.7. The molecule has 0 saturated heterocycles. The van der Waals surface area contributed by atoms with E-state index < -0.39 is 23.8 Å². The van der Waals surface area contributed by atoms with E-state index in [1.807, 2.05) is 0 Å². The number of rotatable bonds is 1. The molecule has 1 unspecified atom stereocenters. The highest BCUT2D eigenvalue weighted by Gasteiger charge is 2.38. The quantitative estimate of drug-likeness (QED) is 0.594. The van der Waals surface area contributed by atoms with Gasteiger partial charge in [-0.25, -0.2) is 4.98 Å². The van der Waals surface area contributed by atoms with Crippen molar-refractivity contribution in [2.75, 3.05) is 0 Å². The molecule has 0 aliphatic carbocycles. The smallest absolute Gasteiger partial charge is 0.425 e. The summed E-state index contributed by atoms with van der Waals surface area (Å²) in [6, 6.07) is 10.1. The van der Waals surface area contributed by atoms with Gasteiger partial charge in [0.2, 0.25) is 0 Å². The maximum atomic E-state index is 12.7. The predicted octanol–water partition coefficient (Wildman–Crippen LogP) is 3.15. The number of carbonyl (C=O) groups excluding carboxylic acids is 1. The number of alkyl halides is 3. The molecule has 3 nitrogen and oxygen atoms in total. The van der Waals surface area contributed by atoms with E-state index in [2.05, 4.69) is 4.98 Å². The zero-order chi connectivity index (χ0) is 14.3. The predicted molar refractivity (Wildman–Crippen MR) is 63.2 cm³/mol. The summed E-state index contributed by atoms with van der Waals surface area (Å²) in [6.07, 6.45) is -4.54. The molecule has 1 aromatic heterocycles. The fourth-order valence-corrected chi connectivity index (χ4v) is 2.16. The number of hydrogen-bond acceptors (Lipinski definition) is 3. The topological polar surface area (TPSA) is 39.2 Å². The van der Waals surface area contributed by atoms with Gasteiger partial charge < -0.3 is 4.74 Å². The summed E-state index contributed by atoms with van der Waals surface area (Å²) in [5.41, 5.74) is -0.453. The number of carbonyl (C=O) groups is 1. The Morgan fingerprint density at radius 2 is 1.80 bits per heavy atom. The van der Waals surface area contributed by atoms with E-state index in [0.29, 0.717) is 11.3 Å². The van der Waals surface area contributed by atoms with Crippen LogP contribution in [0.2, 0.25) is 0 Å². The standard InChI is InChI=1S/C14H8F3NO2/c15-14(16,17)11-7-3-5-9(18-11)12-8-4-1-2-6-10(8)20-13(12)19/h1-7,12H. The van der Waals surface area contributed by atoms with Gasteiger partial charge in [-0.05, 0) is 18.2 Å². The van der Waals surface area contributed by atoms with Crippen molar-refractivity contribution in [1.29, 1.82) is 0 Å². The van der Waals surface area contributed by atoms with Gasteiger partial charge in [0.25, 0.3) is 0 Å². The fraction of sp³-hybridized carbons (Fsp3) is 0.143. The number of fused-ring (bicyclic) bond motifs is 1. The Labute approximate surface area is 112 Å². The van der Waals surface area contributed by atoms with Gasteiger partial charge in [-0.3, -0.25) is 4.79 Å². The molecule has 0 fully saturated rings. The van der Waals surface area contributed by atoms with Gasteiger partial charge in [-0.15, -0.1) is 0 Å². The molecule has 0 spiro atoms. The van der Waals surface area contributed by atoms with E-state index in [1.165, 1.54) is 12.1 Å². The van der Waals surface area contributed by atoms with Crippen molar-refractivity contribution in [3.05, 3.63) is 59.4 Å². The molecule has 102 valence electrons. The minimum atomic E-state index is -4.54. The van der Waals surface area contributed by atoms with E-state index >= 15 is 0 Å². The SMILES string of the molecule is O=C1Oc2ccccc2C1c1cccc(C(F)(F)F)n1. The van der Waals surface area contributed by atoms with Crippen molar-refractivity contribution < 1.29 is 22.7 Å². The van der Waals surface area contributed by atoms with Gasteiger partial charge in [0.15, 0.2) is 0 Å². The third kappa shape index (κ3) is 2.03. The van der Waals surface area contributed by atoms with Crippen LogP contribution in [-0.4, -0.2) is 11.0 Å². The van der Waals surface area contributed by atoms with Crippen molar-refractivity contribution in [3.63, 3.8) is 0 Å². The Balaban J connectivity index is 2.08. The lowest BCUT2D eigenvalue weighted by Gasteiger charge is -2.10. The molecular weight excluding hydrogens is 271 g/mol. The number of aromatic nitrogens is 1. The molecule has 2 aromatic rings. The van der Waals surface area contributed by atoms with E-state index in [4.69, 9.17) is 4.74 Å². The molecule has 2 heterocycles. The van der Waals surface area contributed by atoms with E-state index in [1.54, 1.807) is 24.3 Å². The molecule has 3 rings (SSSR count). The maximum absolute atomic E-state index is 12.7. The van der Waals surface area contributed by atoms with Gasteiger partial charge in [0.05, 0.1) is 5.69 Å². The Kier molecular flexibility index (Phi) is 2.74. The summed E-state index contributed by atoms with van der Waals surface area (Å²) in [7, 11) is 0. The Bertz CT molecular complexity index is 682. The Hall–Kier alpha value is -2.37. The number of nitrogens with zero attached hydrogens (tertiary/aromatic N) is 1. The van der Waals surface area contributed by atoms with Crippen LogP contribution in [0.1, 0.15) is 22.9 Å². The highest BCUT2D eigenvalue weighted by Crippen LogP contribution is 2.39. The van der Waals surface area contributed by atoms with Gasteiger partial charge >= 0.3 is 12.1 Å². The van der Waals surface area contributed by atoms with Gasteiger partial charge in [-0.1, -0.05) is 24.3 Å². The molecule has 0 saturated carbocycles. The number of para-hydroxylation sites is 1. The number of halogens is 3. The molecule has 1 aromatic carbocycles. The van der Waals surface area contributed by atoms with Gasteiger partial charge in [0.1, 0.15) is 17.4 Å². The molecule has 20 heavy (non-hydrogen) atoms. The van der Waals surface area contributed by atoms with Crippen LogP contribution in [0.25, 0.3) is 0 Å². The first-order valence-electron chi connectivity index (χ1n) is 5.81. The lowest BCUT2D eigenvalue weighted by molar-refractivity contribution is -0.141. The van der Waals surface area contributed by atoms with Crippen molar-refractivity contribution >= 4 is 5.97 Å². The fourth-order valence-electron chi connectivity index (χ4n) is 2.16. The van der Waals surface area contributed by atoms with Crippen LogP contribution in [0.4, 0.5) is 13.2 Å². The summed E-state index contributed by atoms with van der Waals surface area (Å²) < 4.78 is 43.0. The maximum Gasteiger partial charge on any atom is 0.433 e. The molecule has 1 atom stereocenters. The zero-order valence-corrected chi connectivity index (χ0v) is 10.0. The lowest BCUT2D eigenvalue weighted by atomic mass is 9.96. The van der Waals surface area contributed by atoms with Crippen molar-refractivity contribution in [2.45, 2.75) is 12.1 Å². The highest BCUT2D eigenvalue weighted by molar-refractivity contribution is 5.88. The summed E-state index contributed by atoms with van der Waals surface area (Å²) in [4.78, 5) is 15.4. The average molecular weight is 279 g/mol. The molecule has 0 radical (unpaired) electrons. The average Bonchev–Trinajstić information content (AvgIpc) is 2.73. The van der Waals surface area contributed by atoms with Crippen LogP contribution < -0.4 is 4.74 Å². The van der Waals surface area contributed by atoms with Gasteiger partial charge in [0, 0.05) is 5.56 Å². The molecular formula is C14H8F3NO2. The number of hydrogen-bond donors (Lipinski definition) is 0. The first-order chi connectivity index (χ1) is 9.47. The largest absolute Gasteiger partial charge is 0.433 e. The number of esters is 1. The van der Waals surface area contributed by atoms with Gasteiger partial charge in [-0.2, -0.15) is 13.2 Å². The summed E-state index contributed by atoms with van der Waals surface area (Å²) in [6.45, 7) is 0. The second-order valence-corrected chi connectivity index (χ2v) is 4.34.